The maximum atomic E-state index is 14.0. The minimum Gasteiger partial charge on any atom is -0.479 e. The molecule has 2 heterocycles. The van der Waals surface area contributed by atoms with Crippen molar-refractivity contribution >= 4 is 39.1 Å². The van der Waals surface area contributed by atoms with Crippen molar-refractivity contribution in [2.45, 2.75) is 24.3 Å². The maximum absolute atomic E-state index is 14.0. The van der Waals surface area contributed by atoms with Gasteiger partial charge in [-0.3, -0.25) is 9.59 Å². The van der Waals surface area contributed by atoms with Crippen LogP contribution < -0.4 is 10.1 Å². The molecule has 1 fully saturated rings. The number of sulfonamides is 1. The summed E-state index contributed by atoms with van der Waals surface area (Å²) in [7, 11) is -3.84. The predicted molar refractivity (Wildman–Crippen MR) is 116 cm³/mol. The molecule has 11 heteroatoms. The van der Waals surface area contributed by atoms with Gasteiger partial charge in [0.15, 0.2) is 6.10 Å². The van der Waals surface area contributed by atoms with E-state index in [0.717, 1.165) is 0 Å². The number of carbonyl (C=O) groups is 2. The summed E-state index contributed by atoms with van der Waals surface area (Å²) in [6, 6.07) is 8.53. The van der Waals surface area contributed by atoms with Gasteiger partial charge in [-0.15, -0.1) is 0 Å². The first kappa shape index (κ1) is 22.5. The molecule has 8 nitrogen and oxygen atoms in total. The molecule has 2 aliphatic heterocycles. The van der Waals surface area contributed by atoms with Crippen LogP contribution in [0.3, 0.4) is 0 Å². The second-order valence-electron chi connectivity index (χ2n) is 7.57. The molecule has 4 rings (SSSR count). The van der Waals surface area contributed by atoms with E-state index in [9.17, 15) is 22.4 Å². The highest BCUT2D eigenvalue weighted by molar-refractivity contribution is 7.89. The van der Waals surface area contributed by atoms with Crippen molar-refractivity contribution in [1.29, 1.82) is 0 Å². The number of ether oxygens (including phenoxy) is 1. The molecule has 1 N–H and O–H groups in total. The van der Waals surface area contributed by atoms with Gasteiger partial charge in [-0.2, -0.15) is 4.31 Å². The van der Waals surface area contributed by atoms with Crippen molar-refractivity contribution in [3.63, 3.8) is 0 Å². The van der Waals surface area contributed by atoms with Gasteiger partial charge in [-0.25, -0.2) is 12.8 Å². The van der Waals surface area contributed by atoms with Crippen LogP contribution >= 0.6 is 11.6 Å². The molecule has 2 aliphatic rings. The molecule has 170 valence electrons. The van der Waals surface area contributed by atoms with E-state index >= 15 is 0 Å². The number of nitrogens with one attached hydrogen (secondary N) is 1. The molecule has 1 saturated heterocycles. The van der Waals surface area contributed by atoms with Gasteiger partial charge in [0, 0.05) is 36.8 Å². The Morgan fingerprint density at radius 2 is 1.94 bits per heavy atom. The number of carbonyl (C=O) groups excluding carboxylic acids is 2. The van der Waals surface area contributed by atoms with Crippen LogP contribution in [-0.2, 0) is 26.0 Å². The van der Waals surface area contributed by atoms with Crippen LogP contribution in [0.5, 0.6) is 5.75 Å². The smallest absolute Gasteiger partial charge is 0.265 e. The molecular weight excluding hydrogens is 461 g/mol. The summed E-state index contributed by atoms with van der Waals surface area (Å²) >= 11 is 6.00. The standard InChI is InChI=1S/C21H21ClFN3O5S/c1-13-21(28)24-18-11-14(5-6-19(18)31-13)32(29,30)26-9-7-25(8-10-26)20(27)12-15-16(22)3-2-4-17(15)23/h2-6,11,13H,7-10,12H2,1H3,(H,24,28)/t13-/m0/s1. The average Bonchev–Trinajstić information content (AvgIpc) is 2.77. The number of anilines is 1. The Balaban J connectivity index is 1.43. The number of hydrogen-bond acceptors (Lipinski definition) is 5. The maximum Gasteiger partial charge on any atom is 0.265 e. The third-order valence-electron chi connectivity index (χ3n) is 5.50. The van der Waals surface area contributed by atoms with Gasteiger partial charge in [-0.1, -0.05) is 17.7 Å². The topological polar surface area (TPSA) is 96.0 Å². The van der Waals surface area contributed by atoms with Crippen LogP contribution in [0.1, 0.15) is 12.5 Å². The van der Waals surface area contributed by atoms with Crippen molar-refractivity contribution < 1.29 is 27.1 Å². The van der Waals surface area contributed by atoms with E-state index in [0.29, 0.717) is 11.4 Å². The minimum atomic E-state index is -3.84. The van der Waals surface area contributed by atoms with Crippen molar-refractivity contribution in [2.75, 3.05) is 31.5 Å². The van der Waals surface area contributed by atoms with Gasteiger partial charge in [-0.05, 0) is 37.3 Å². The zero-order valence-electron chi connectivity index (χ0n) is 17.2. The Morgan fingerprint density at radius 3 is 2.62 bits per heavy atom. The molecule has 2 amide bonds. The quantitative estimate of drug-likeness (QED) is 0.722. The summed E-state index contributed by atoms with van der Waals surface area (Å²) in [6.07, 6.45) is -0.851. The van der Waals surface area contributed by atoms with Gasteiger partial charge in [0.25, 0.3) is 5.91 Å². The molecule has 0 radical (unpaired) electrons. The summed E-state index contributed by atoms with van der Waals surface area (Å²) in [4.78, 5) is 25.9. The van der Waals surface area contributed by atoms with E-state index in [1.807, 2.05) is 0 Å². The summed E-state index contributed by atoms with van der Waals surface area (Å²) in [6.45, 7) is 2.13. The molecule has 2 aromatic rings. The number of rotatable bonds is 4. The molecule has 32 heavy (non-hydrogen) atoms. The zero-order valence-corrected chi connectivity index (χ0v) is 18.7. The molecule has 0 spiro atoms. The fraction of sp³-hybridized carbons (Fsp3) is 0.333. The highest BCUT2D eigenvalue weighted by Crippen LogP contribution is 2.33. The average molecular weight is 482 g/mol. The molecule has 0 saturated carbocycles. The summed E-state index contributed by atoms with van der Waals surface area (Å²) in [5, 5.41) is 2.82. The first-order valence-electron chi connectivity index (χ1n) is 9.99. The van der Waals surface area contributed by atoms with E-state index in [1.165, 1.54) is 45.6 Å². The van der Waals surface area contributed by atoms with Crippen LogP contribution in [0.4, 0.5) is 10.1 Å². The van der Waals surface area contributed by atoms with Crippen molar-refractivity contribution in [3.8, 4) is 5.75 Å². The number of benzene rings is 2. The lowest BCUT2D eigenvalue weighted by molar-refractivity contribution is -0.131. The van der Waals surface area contributed by atoms with Crippen LogP contribution in [0, 0.1) is 5.82 Å². The second-order valence-corrected chi connectivity index (χ2v) is 9.91. The molecule has 0 aliphatic carbocycles. The number of nitrogens with zero attached hydrogens (tertiary/aromatic N) is 2. The summed E-state index contributed by atoms with van der Waals surface area (Å²) < 4.78 is 46.9. The van der Waals surface area contributed by atoms with Gasteiger partial charge in [0.1, 0.15) is 11.6 Å². The molecular formula is C21H21ClFN3O5S. The lowest BCUT2D eigenvalue weighted by Gasteiger charge is -2.34. The zero-order chi connectivity index (χ0) is 23.0. The van der Waals surface area contributed by atoms with Crippen LogP contribution in [0.2, 0.25) is 5.02 Å². The largest absolute Gasteiger partial charge is 0.479 e. The Labute approximate surface area is 189 Å². The monoisotopic (exact) mass is 481 g/mol. The number of halogens is 2. The van der Waals surface area contributed by atoms with Crippen LogP contribution in [0.25, 0.3) is 0 Å². The lowest BCUT2D eigenvalue weighted by atomic mass is 10.1. The Hall–Kier alpha value is -2.69. The first-order valence-corrected chi connectivity index (χ1v) is 11.8. The Bertz CT molecular complexity index is 1160. The van der Waals surface area contributed by atoms with E-state index < -0.39 is 21.9 Å². The Kier molecular flexibility index (Phi) is 6.11. The second kappa shape index (κ2) is 8.68. The first-order chi connectivity index (χ1) is 15.2. The number of piperazine rings is 1. The molecule has 1 atom stereocenters. The summed E-state index contributed by atoms with van der Waals surface area (Å²) in [5.74, 6) is -0.825. The van der Waals surface area contributed by atoms with Gasteiger partial charge < -0.3 is 15.0 Å². The predicted octanol–water partition coefficient (Wildman–Crippen LogP) is 2.27. The molecule has 0 unspecified atom stereocenters. The fourth-order valence-corrected chi connectivity index (χ4v) is 5.32. The van der Waals surface area contributed by atoms with Gasteiger partial charge in [0.05, 0.1) is 17.0 Å². The normalized spacial score (nSPS) is 19.2. The van der Waals surface area contributed by atoms with Gasteiger partial charge in [0.2, 0.25) is 15.9 Å². The van der Waals surface area contributed by atoms with Crippen molar-refractivity contribution in [3.05, 3.63) is 52.8 Å². The number of hydrogen-bond donors (Lipinski definition) is 1. The number of amides is 2. The van der Waals surface area contributed by atoms with Gasteiger partial charge >= 0.3 is 0 Å². The third kappa shape index (κ3) is 4.30. The fourth-order valence-electron chi connectivity index (χ4n) is 3.64. The van der Waals surface area contributed by atoms with E-state index in [1.54, 1.807) is 6.92 Å². The molecule has 0 bridgehead atoms. The van der Waals surface area contributed by atoms with E-state index in [-0.39, 0.29) is 59.9 Å². The highest BCUT2D eigenvalue weighted by Gasteiger charge is 2.32. The van der Waals surface area contributed by atoms with E-state index in [4.69, 9.17) is 16.3 Å². The van der Waals surface area contributed by atoms with Crippen molar-refractivity contribution in [2.24, 2.45) is 0 Å². The molecule has 2 aromatic carbocycles. The third-order valence-corrected chi connectivity index (χ3v) is 7.75. The summed E-state index contributed by atoms with van der Waals surface area (Å²) in [5.41, 5.74) is 0.423. The minimum absolute atomic E-state index is 0.0209. The highest BCUT2D eigenvalue weighted by atomic mass is 35.5. The van der Waals surface area contributed by atoms with Crippen molar-refractivity contribution in [1.82, 2.24) is 9.21 Å². The lowest BCUT2D eigenvalue weighted by Crippen LogP contribution is -2.50. The van der Waals surface area contributed by atoms with Crippen LogP contribution in [-0.4, -0.2) is 61.7 Å². The van der Waals surface area contributed by atoms with Crippen LogP contribution in [0.15, 0.2) is 41.3 Å². The SMILES string of the molecule is C[C@@H]1Oc2ccc(S(=O)(=O)N3CCN(C(=O)Cc4c(F)cccc4Cl)CC3)cc2NC1=O. The molecule has 0 aromatic heterocycles. The van der Waals surface area contributed by atoms with E-state index in [2.05, 4.69) is 5.32 Å². The Morgan fingerprint density at radius 1 is 1.22 bits per heavy atom. The number of fused-ring (bicyclic) bond motifs is 1.